The molecule has 2 N–H and O–H groups in total. The number of halogens is 3. The van der Waals surface area contributed by atoms with Crippen LogP contribution in [0.3, 0.4) is 0 Å². The van der Waals surface area contributed by atoms with Gasteiger partial charge < -0.3 is 10.4 Å². The number of carboxylic acid groups (broad SMARTS) is 1. The zero-order valence-corrected chi connectivity index (χ0v) is 12.0. The van der Waals surface area contributed by atoms with Gasteiger partial charge >= 0.3 is 5.97 Å². The molecular formula is C14H10BrF2NO2. The van der Waals surface area contributed by atoms with Gasteiger partial charge in [0.25, 0.3) is 0 Å². The average molecular weight is 342 g/mol. The first kappa shape index (κ1) is 14.5. The quantitative estimate of drug-likeness (QED) is 0.809. The van der Waals surface area contributed by atoms with Crippen molar-refractivity contribution in [1.82, 2.24) is 0 Å². The smallest absolute Gasteiger partial charge is 0.337 e. The van der Waals surface area contributed by atoms with E-state index in [0.717, 1.165) is 11.6 Å². The number of carbonyl (C=O) groups is 1. The highest BCUT2D eigenvalue weighted by atomic mass is 79.9. The van der Waals surface area contributed by atoms with Crippen molar-refractivity contribution in [3.8, 4) is 0 Å². The third-order valence-corrected chi connectivity index (χ3v) is 3.37. The van der Waals surface area contributed by atoms with Crippen LogP contribution in [0.5, 0.6) is 0 Å². The summed E-state index contributed by atoms with van der Waals surface area (Å²) in [5, 5.41) is 11.7. The number of nitrogens with one attached hydrogen (secondary N) is 1. The van der Waals surface area contributed by atoms with E-state index in [-0.39, 0.29) is 10.0 Å². The minimum absolute atomic E-state index is 0.234. The van der Waals surface area contributed by atoms with Gasteiger partial charge in [-0.2, -0.15) is 0 Å². The monoisotopic (exact) mass is 341 g/mol. The van der Waals surface area contributed by atoms with Gasteiger partial charge in [0.05, 0.1) is 15.7 Å². The molecule has 2 rings (SSSR count). The maximum absolute atomic E-state index is 14.0. The Labute approximate surface area is 122 Å². The SMILES string of the molecule is Cc1ccccc1Nc1c(C(=O)O)cc(Br)c(F)c1F. The number of anilines is 2. The molecule has 2 aromatic carbocycles. The van der Waals surface area contributed by atoms with Crippen molar-refractivity contribution in [2.75, 3.05) is 5.32 Å². The van der Waals surface area contributed by atoms with Gasteiger partial charge in [0.2, 0.25) is 0 Å². The van der Waals surface area contributed by atoms with E-state index in [1.54, 1.807) is 31.2 Å². The van der Waals surface area contributed by atoms with E-state index in [0.29, 0.717) is 5.69 Å². The highest BCUT2D eigenvalue weighted by Crippen LogP contribution is 2.32. The third-order valence-electron chi connectivity index (χ3n) is 2.80. The summed E-state index contributed by atoms with van der Waals surface area (Å²) in [7, 11) is 0. The third kappa shape index (κ3) is 2.65. The van der Waals surface area contributed by atoms with Gasteiger partial charge in [0.1, 0.15) is 0 Å². The van der Waals surface area contributed by atoms with Crippen LogP contribution < -0.4 is 5.32 Å². The van der Waals surface area contributed by atoms with E-state index in [1.807, 2.05) is 0 Å². The molecule has 0 bridgehead atoms. The molecule has 0 aromatic heterocycles. The number of hydrogen-bond acceptors (Lipinski definition) is 2. The summed E-state index contributed by atoms with van der Waals surface area (Å²) in [6, 6.07) is 7.96. The van der Waals surface area contributed by atoms with Gasteiger partial charge in [-0.1, -0.05) is 18.2 Å². The van der Waals surface area contributed by atoms with Gasteiger partial charge in [-0.25, -0.2) is 13.6 Å². The molecule has 20 heavy (non-hydrogen) atoms. The van der Waals surface area contributed by atoms with Gasteiger partial charge in [-0.15, -0.1) is 0 Å². The van der Waals surface area contributed by atoms with E-state index < -0.39 is 23.3 Å². The Morgan fingerprint density at radius 3 is 2.50 bits per heavy atom. The Morgan fingerprint density at radius 2 is 1.90 bits per heavy atom. The molecule has 0 saturated carbocycles. The maximum atomic E-state index is 14.0. The van der Waals surface area contributed by atoms with Crippen molar-refractivity contribution in [3.63, 3.8) is 0 Å². The van der Waals surface area contributed by atoms with Crippen molar-refractivity contribution in [1.29, 1.82) is 0 Å². The molecule has 0 heterocycles. The van der Waals surface area contributed by atoms with Gasteiger partial charge in [-0.3, -0.25) is 0 Å². The number of carboxylic acids is 1. The van der Waals surface area contributed by atoms with Crippen molar-refractivity contribution < 1.29 is 18.7 Å². The number of para-hydroxylation sites is 1. The molecule has 0 atom stereocenters. The second-order valence-electron chi connectivity index (χ2n) is 4.15. The van der Waals surface area contributed by atoms with Crippen molar-refractivity contribution >= 4 is 33.3 Å². The molecule has 0 radical (unpaired) electrons. The molecule has 0 amide bonds. The average Bonchev–Trinajstić information content (AvgIpc) is 2.41. The molecule has 104 valence electrons. The molecular weight excluding hydrogens is 332 g/mol. The minimum atomic E-state index is -1.35. The number of benzene rings is 2. The van der Waals surface area contributed by atoms with Crippen LogP contribution in [0, 0.1) is 18.6 Å². The molecule has 0 aliphatic carbocycles. The lowest BCUT2D eigenvalue weighted by Gasteiger charge is -2.14. The summed E-state index contributed by atoms with van der Waals surface area (Å²) >= 11 is 2.79. The van der Waals surface area contributed by atoms with Crippen LogP contribution in [-0.2, 0) is 0 Å². The van der Waals surface area contributed by atoms with E-state index >= 15 is 0 Å². The predicted molar refractivity (Wildman–Crippen MR) is 75.5 cm³/mol. The Balaban J connectivity index is 2.59. The molecule has 0 spiro atoms. The normalized spacial score (nSPS) is 10.4. The number of aryl methyl sites for hydroxylation is 1. The molecule has 6 heteroatoms. The van der Waals surface area contributed by atoms with Crippen LogP contribution >= 0.6 is 15.9 Å². The first-order chi connectivity index (χ1) is 9.41. The second kappa shape index (κ2) is 5.58. The molecule has 0 fully saturated rings. The largest absolute Gasteiger partial charge is 0.478 e. The number of aromatic carboxylic acids is 1. The molecule has 0 saturated heterocycles. The maximum Gasteiger partial charge on any atom is 0.337 e. The van der Waals surface area contributed by atoms with E-state index in [2.05, 4.69) is 21.2 Å². The fourth-order valence-corrected chi connectivity index (χ4v) is 2.14. The number of rotatable bonds is 3. The minimum Gasteiger partial charge on any atom is -0.478 e. The summed E-state index contributed by atoms with van der Waals surface area (Å²) in [4.78, 5) is 11.2. The highest BCUT2D eigenvalue weighted by Gasteiger charge is 2.21. The Bertz CT molecular complexity index is 689. The fourth-order valence-electron chi connectivity index (χ4n) is 1.73. The Morgan fingerprint density at radius 1 is 1.25 bits per heavy atom. The summed E-state index contributed by atoms with van der Waals surface area (Å²) in [5.74, 6) is -3.72. The molecule has 0 aliphatic rings. The zero-order chi connectivity index (χ0) is 14.9. The van der Waals surface area contributed by atoms with Crippen molar-refractivity contribution in [3.05, 3.63) is 57.6 Å². The van der Waals surface area contributed by atoms with Crippen molar-refractivity contribution in [2.24, 2.45) is 0 Å². The second-order valence-corrected chi connectivity index (χ2v) is 5.01. The van der Waals surface area contributed by atoms with E-state index in [9.17, 15) is 13.6 Å². The summed E-state index contributed by atoms with van der Waals surface area (Å²) < 4.78 is 27.3. The van der Waals surface area contributed by atoms with Gasteiger partial charge in [0, 0.05) is 5.69 Å². The summed E-state index contributed by atoms with van der Waals surface area (Å²) in [6.07, 6.45) is 0. The van der Waals surface area contributed by atoms with Gasteiger partial charge in [-0.05, 0) is 40.5 Å². The zero-order valence-electron chi connectivity index (χ0n) is 10.4. The van der Waals surface area contributed by atoms with Crippen LogP contribution in [0.25, 0.3) is 0 Å². The summed E-state index contributed by atoms with van der Waals surface area (Å²) in [6.45, 7) is 1.77. The lowest BCUT2D eigenvalue weighted by atomic mass is 10.1. The predicted octanol–water partition coefficient (Wildman–Crippen LogP) is 4.48. The summed E-state index contributed by atoms with van der Waals surface area (Å²) in [5.41, 5.74) is 0.550. The first-order valence-corrected chi connectivity index (χ1v) is 6.44. The highest BCUT2D eigenvalue weighted by molar-refractivity contribution is 9.10. The standard InChI is InChI=1S/C14H10BrF2NO2/c1-7-4-2-3-5-10(7)18-13-8(14(19)20)6-9(15)11(16)12(13)17/h2-6,18H,1H3,(H,19,20). The Hall–Kier alpha value is -1.95. The number of hydrogen-bond donors (Lipinski definition) is 2. The fraction of sp³-hybridized carbons (Fsp3) is 0.0714. The van der Waals surface area contributed by atoms with Crippen LogP contribution in [0.2, 0.25) is 0 Å². The first-order valence-electron chi connectivity index (χ1n) is 5.65. The van der Waals surface area contributed by atoms with Crippen molar-refractivity contribution in [2.45, 2.75) is 6.92 Å². The van der Waals surface area contributed by atoms with Crippen LogP contribution in [0.15, 0.2) is 34.8 Å². The van der Waals surface area contributed by atoms with E-state index in [4.69, 9.17) is 5.11 Å². The van der Waals surface area contributed by atoms with Gasteiger partial charge in [0.15, 0.2) is 11.6 Å². The molecule has 0 aliphatic heterocycles. The van der Waals surface area contributed by atoms with Crippen LogP contribution in [-0.4, -0.2) is 11.1 Å². The van der Waals surface area contributed by atoms with Crippen LogP contribution in [0.4, 0.5) is 20.2 Å². The topological polar surface area (TPSA) is 49.3 Å². The molecule has 3 nitrogen and oxygen atoms in total. The lowest BCUT2D eigenvalue weighted by Crippen LogP contribution is -2.08. The van der Waals surface area contributed by atoms with Crippen LogP contribution in [0.1, 0.15) is 15.9 Å². The molecule has 0 unspecified atom stereocenters. The molecule has 2 aromatic rings. The lowest BCUT2D eigenvalue weighted by molar-refractivity contribution is 0.0697. The van der Waals surface area contributed by atoms with E-state index in [1.165, 1.54) is 0 Å². The Kier molecular flexibility index (Phi) is 4.04.